The van der Waals surface area contributed by atoms with Gasteiger partial charge in [-0.15, -0.1) is 0 Å². The molecule has 0 spiro atoms. The molecular formula is C20H27F3N2O6S. The van der Waals surface area contributed by atoms with E-state index in [4.69, 9.17) is 14.2 Å². The minimum atomic E-state index is -5.58. The number of hydrogen-bond acceptors (Lipinski definition) is 6. The zero-order valence-electron chi connectivity index (χ0n) is 18.0. The Kier molecular flexibility index (Phi) is 8.54. The first-order valence-corrected chi connectivity index (χ1v) is 11.3. The molecule has 1 fully saturated rings. The van der Waals surface area contributed by atoms with E-state index in [2.05, 4.69) is 5.32 Å². The Hall–Kier alpha value is -2.31. The highest BCUT2D eigenvalue weighted by molar-refractivity contribution is 7.90. The molecule has 1 aliphatic heterocycles. The number of nitrogens with zero attached hydrogens (tertiary/aromatic N) is 1. The molecule has 0 saturated carbocycles. The lowest BCUT2D eigenvalue weighted by molar-refractivity contribution is -0.0485. The monoisotopic (exact) mass is 480 g/mol. The molecule has 2 rings (SSSR count). The van der Waals surface area contributed by atoms with Crippen molar-refractivity contribution in [2.24, 2.45) is 0 Å². The highest BCUT2D eigenvalue weighted by Gasteiger charge is 2.49. The molecule has 0 aliphatic carbocycles. The Morgan fingerprint density at radius 2 is 1.88 bits per heavy atom. The third-order valence-corrected chi connectivity index (χ3v) is 5.60. The minimum absolute atomic E-state index is 0.112. The highest BCUT2D eigenvalue weighted by atomic mass is 32.2. The standard InChI is InChI=1S/C20H27F3N2O6S/c1-19(2,3)31-18(26)24-10-12-25(32(27,28)20(21,22)23)11-4-5-15-6-8-16(9-7-15)29-13-17-14-30-17/h4-9,17H,10-14H2,1-3H3,(H,24,26)/b5-4+/t17-/m1/s1. The van der Waals surface area contributed by atoms with Crippen molar-refractivity contribution < 1.29 is 40.6 Å². The van der Waals surface area contributed by atoms with Gasteiger partial charge in [0.25, 0.3) is 0 Å². The zero-order chi connectivity index (χ0) is 24.0. The van der Waals surface area contributed by atoms with Crippen molar-refractivity contribution >= 4 is 22.2 Å². The summed E-state index contributed by atoms with van der Waals surface area (Å²) in [6.45, 7) is 4.52. The molecule has 180 valence electrons. The largest absolute Gasteiger partial charge is 0.511 e. The average Bonchev–Trinajstić information content (AvgIpc) is 3.48. The van der Waals surface area contributed by atoms with Crippen molar-refractivity contribution in [1.29, 1.82) is 0 Å². The number of alkyl halides is 3. The Balaban J connectivity index is 1.95. The fourth-order valence-electron chi connectivity index (χ4n) is 2.39. The van der Waals surface area contributed by atoms with Gasteiger partial charge in [-0.2, -0.15) is 17.5 Å². The lowest BCUT2D eigenvalue weighted by atomic mass is 10.2. The Morgan fingerprint density at radius 3 is 2.41 bits per heavy atom. The molecule has 1 amide bonds. The third-order valence-electron chi connectivity index (χ3n) is 4.00. The summed E-state index contributed by atoms with van der Waals surface area (Å²) >= 11 is 0. The summed E-state index contributed by atoms with van der Waals surface area (Å²) in [5, 5.41) is 2.25. The third kappa shape index (κ3) is 8.67. The molecule has 8 nitrogen and oxygen atoms in total. The number of sulfonamides is 1. The molecule has 0 bridgehead atoms. The molecule has 1 aromatic carbocycles. The summed E-state index contributed by atoms with van der Waals surface area (Å²) in [6.07, 6.45) is 2.05. The number of halogens is 3. The predicted octanol–water partition coefficient (Wildman–Crippen LogP) is 3.15. The lowest BCUT2D eigenvalue weighted by Gasteiger charge is -2.23. The van der Waals surface area contributed by atoms with Gasteiger partial charge in [0.05, 0.1) is 6.61 Å². The average molecular weight is 481 g/mol. The minimum Gasteiger partial charge on any atom is -0.491 e. The number of hydrogen-bond donors (Lipinski definition) is 1. The summed E-state index contributed by atoms with van der Waals surface area (Å²) in [4.78, 5) is 11.6. The molecule has 0 radical (unpaired) electrons. The maximum absolute atomic E-state index is 13.0. The van der Waals surface area contributed by atoms with E-state index in [1.54, 1.807) is 45.0 Å². The van der Waals surface area contributed by atoms with Gasteiger partial charge in [-0.3, -0.25) is 0 Å². The molecule has 1 heterocycles. The molecule has 32 heavy (non-hydrogen) atoms. The van der Waals surface area contributed by atoms with E-state index in [9.17, 15) is 26.4 Å². The number of rotatable bonds is 10. The topological polar surface area (TPSA) is 97.5 Å². The molecule has 1 aliphatic rings. The van der Waals surface area contributed by atoms with Crippen molar-refractivity contribution in [3.05, 3.63) is 35.9 Å². The second kappa shape index (κ2) is 10.5. The highest BCUT2D eigenvalue weighted by Crippen LogP contribution is 2.26. The SMILES string of the molecule is CC(C)(C)OC(=O)NCCN(C/C=C/c1ccc(OC[C@@H]2CO2)cc1)S(=O)(=O)C(F)(F)F. The van der Waals surface area contributed by atoms with Crippen LogP contribution >= 0.6 is 0 Å². The van der Waals surface area contributed by atoms with Crippen molar-refractivity contribution in [2.45, 2.75) is 38.0 Å². The maximum Gasteiger partial charge on any atom is 0.511 e. The van der Waals surface area contributed by atoms with E-state index in [1.165, 1.54) is 12.2 Å². The fourth-order valence-corrected chi connectivity index (χ4v) is 3.29. The quantitative estimate of drug-likeness (QED) is 0.517. The molecule has 1 atom stereocenters. The van der Waals surface area contributed by atoms with Crippen LogP contribution in [0.3, 0.4) is 0 Å². The van der Waals surface area contributed by atoms with Crippen LogP contribution in [0.15, 0.2) is 30.3 Å². The van der Waals surface area contributed by atoms with E-state index in [-0.39, 0.29) is 17.0 Å². The van der Waals surface area contributed by atoms with Crippen molar-refractivity contribution in [3.8, 4) is 5.75 Å². The second-order valence-corrected chi connectivity index (χ2v) is 9.90. The van der Waals surface area contributed by atoms with Gasteiger partial charge in [0.1, 0.15) is 24.1 Å². The lowest BCUT2D eigenvalue weighted by Crippen LogP contribution is -2.45. The Bertz CT molecular complexity index is 891. The van der Waals surface area contributed by atoms with Gasteiger partial charge in [0, 0.05) is 19.6 Å². The van der Waals surface area contributed by atoms with Crippen LogP contribution in [-0.2, 0) is 19.5 Å². The number of ether oxygens (including phenoxy) is 3. The summed E-state index contributed by atoms with van der Waals surface area (Å²) in [7, 11) is -5.58. The van der Waals surface area contributed by atoms with Crippen LogP contribution in [0.2, 0.25) is 0 Å². The van der Waals surface area contributed by atoms with E-state index < -0.39 is 40.3 Å². The first-order chi connectivity index (χ1) is 14.8. The number of benzene rings is 1. The van der Waals surface area contributed by atoms with Gasteiger partial charge in [-0.1, -0.05) is 24.3 Å². The zero-order valence-corrected chi connectivity index (χ0v) is 18.8. The van der Waals surface area contributed by atoms with E-state index in [0.29, 0.717) is 24.5 Å². The molecule has 1 N–H and O–H groups in total. The van der Waals surface area contributed by atoms with Gasteiger partial charge in [-0.05, 0) is 38.5 Å². The van der Waals surface area contributed by atoms with Gasteiger partial charge in [-0.25, -0.2) is 13.2 Å². The predicted molar refractivity (Wildman–Crippen MR) is 111 cm³/mol. The Labute approximate surface area is 185 Å². The van der Waals surface area contributed by atoms with Gasteiger partial charge >= 0.3 is 21.6 Å². The summed E-state index contributed by atoms with van der Waals surface area (Å²) in [6, 6.07) is 6.76. The molecule has 12 heteroatoms. The fraction of sp³-hybridized carbons (Fsp3) is 0.550. The van der Waals surface area contributed by atoms with Crippen LogP contribution in [0, 0.1) is 0 Å². The second-order valence-electron chi connectivity index (χ2n) is 7.98. The number of carbonyl (C=O) groups excluding carboxylic acids is 1. The van der Waals surface area contributed by atoms with Crippen molar-refractivity contribution in [1.82, 2.24) is 9.62 Å². The smallest absolute Gasteiger partial charge is 0.491 e. The Morgan fingerprint density at radius 1 is 1.25 bits per heavy atom. The van der Waals surface area contributed by atoms with Crippen LogP contribution in [0.1, 0.15) is 26.3 Å². The van der Waals surface area contributed by atoms with Crippen LogP contribution in [-0.4, -0.2) is 68.9 Å². The number of amides is 1. The summed E-state index contributed by atoms with van der Waals surface area (Å²) < 4.78 is 78.6. The summed E-state index contributed by atoms with van der Waals surface area (Å²) in [5.41, 5.74) is -5.61. The van der Waals surface area contributed by atoms with E-state index in [1.807, 2.05) is 0 Å². The van der Waals surface area contributed by atoms with Gasteiger partial charge in [0.2, 0.25) is 0 Å². The molecular weight excluding hydrogens is 453 g/mol. The van der Waals surface area contributed by atoms with Gasteiger partial charge in [0.15, 0.2) is 0 Å². The van der Waals surface area contributed by atoms with Crippen molar-refractivity contribution in [2.75, 3.05) is 32.8 Å². The van der Waals surface area contributed by atoms with Gasteiger partial charge < -0.3 is 19.5 Å². The van der Waals surface area contributed by atoms with E-state index >= 15 is 0 Å². The normalized spacial score (nSPS) is 16.9. The number of nitrogens with one attached hydrogen (secondary N) is 1. The van der Waals surface area contributed by atoms with Crippen LogP contribution < -0.4 is 10.1 Å². The van der Waals surface area contributed by atoms with Crippen LogP contribution in [0.5, 0.6) is 5.75 Å². The molecule has 1 aromatic rings. The molecule has 0 aromatic heterocycles. The van der Waals surface area contributed by atoms with E-state index in [0.717, 1.165) is 0 Å². The van der Waals surface area contributed by atoms with Crippen molar-refractivity contribution in [3.63, 3.8) is 0 Å². The maximum atomic E-state index is 13.0. The van der Waals surface area contributed by atoms with Crippen LogP contribution in [0.4, 0.5) is 18.0 Å². The molecule has 0 unspecified atom stereocenters. The number of alkyl carbamates (subject to hydrolysis) is 1. The van der Waals surface area contributed by atoms with Crippen LogP contribution in [0.25, 0.3) is 6.08 Å². The first kappa shape index (κ1) is 25.9. The number of carbonyl (C=O) groups is 1. The number of epoxide rings is 1. The molecule has 1 saturated heterocycles. The first-order valence-electron chi connectivity index (χ1n) is 9.82. The summed E-state index contributed by atoms with van der Waals surface area (Å²) in [5.74, 6) is 0.618.